The molecule has 0 spiro atoms. The van der Waals surface area contributed by atoms with Crippen LogP contribution in [0.5, 0.6) is 0 Å². The standard InChI is InChI=1S/C16H20N2O3S/c1-9-11-7-12(10-5-6-10)22-14(11)15(20)18(17-9)8-13(19)21-16(2,3)4/h7,10H,5-6,8H2,1-4H3. The van der Waals surface area contributed by atoms with Gasteiger partial charge in [0.15, 0.2) is 0 Å². The molecule has 0 radical (unpaired) electrons. The van der Waals surface area contributed by atoms with Crippen LogP contribution in [0, 0.1) is 6.92 Å². The van der Waals surface area contributed by atoms with Crippen molar-refractivity contribution in [2.75, 3.05) is 0 Å². The summed E-state index contributed by atoms with van der Waals surface area (Å²) in [7, 11) is 0. The summed E-state index contributed by atoms with van der Waals surface area (Å²) in [5.41, 5.74) is 0.00622. The molecule has 3 rings (SSSR count). The van der Waals surface area contributed by atoms with Gasteiger partial charge in [0.1, 0.15) is 16.8 Å². The lowest BCUT2D eigenvalue weighted by Crippen LogP contribution is -2.32. The average Bonchev–Trinajstić information content (AvgIpc) is 3.12. The first kappa shape index (κ1) is 15.2. The van der Waals surface area contributed by atoms with E-state index < -0.39 is 11.6 Å². The summed E-state index contributed by atoms with van der Waals surface area (Å²) in [4.78, 5) is 25.7. The van der Waals surface area contributed by atoms with Gasteiger partial charge in [-0.25, -0.2) is 4.68 Å². The number of hydrogen-bond acceptors (Lipinski definition) is 5. The molecule has 0 atom stereocenters. The van der Waals surface area contributed by atoms with Crippen molar-refractivity contribution < 1.29 is 9.53 Å². The fraction of sp³-hybridized carbons (Fsp3) is 0.562. The Morgan fingerprint density at radius 2 is 2.14 bits per heavy atom. The van der Waals surface area contributed by atoms with Crippen LogP contribution in [-0.4, -0.2) is 21.4 Å². The quantitative estimate of drug-likeness (QED) is 0.816. The summed E-state index contributed by atoms with van der Waals surface area (Å²) >= 11 is 1.54. The molecule has 2 aromatic heterocycles. The number of aromatic nitrogens is 2. The molecule has 2 heterocycles. The first-order valence-electron chi connectivity index (χ1n) is 7.47. The van der Waals surface area contributed by atoms with Crippen LogP contribution >= 0.6 is 11.3 Å². The minimum absolute atomic E-state index is 0.149. The summed E-state index contributed by atoms with van der Waals surface area (Å²) in [6, 6.07) is 2.08. The highest BCUT2D eigenvalue weighted by Gasteiger charge is 2.27. The van der Waals surface area contributed by atoms with E-state index in [0.29, 0.717) is 10.6 Å². The summed E-state index contributed by atoms with van der Waals surface area (Å²) in [6.07, 6.45) is 2.40. The van der Waals surface area contributed by atoms with Crippen LogP contribution in [0.4, 0.5) is 0 Å². The van der Waals surface area contributed by atoms with Crippen molar-refractivity contribution in [2.24, 2.45) is 0 Å². The molecule has 5 nitrogen and oxygen atoms in total. The van der Waals surface area contributed by atoms with Gasteiger partial charge in [-0.05, 0) is 52.5 Å². The minimum Gasteiger partial charge on any atom is -0.459 e. The van der Waals surface area contributed by atoms with E-state index in [1.807, 2.05) is 6.92 Å². The Morgan fingerprint density at radius 3 is 2.73 bits per heavy atom. The highest BCUT2D eigenvalue weighted by atomic mass is 32.1. The van der Waals surface area contributed by atoms with Crippen molar-refractivity contribution in [1.82, 2.24) is 9.78 Å². The highest BCUT2D eigenvalue weighted by molar-refractivity contribution is 7.19. The normalized spacial score (nSPS) is 15.3. The van der Waals surface area contributed by atoms with Gasteiger partial charge in [-0.1, -0.05) is 0 Å². The molecule has 0 amide bonds. The molecular weight excluding hydrogens is 300 g/mol. The molecule has 0 aliphatic heterocycles. The van der Waals surface area contributed by atoms with Crippen molar-refractivity contribution in [3.8, 4) is 0 Å². The van der Waals surface area contributed by atoms with E-state index in [1.165, 1.54) is 33.7 Å². The van der Waals surface area contributed by atoms with E-state index >= 15 is 0 Å². The topological polar surface area (TPSA) is 61.2 Å². The molecule has 0 aromatic carbocycles. The fourth-order valence-electron chi connectivity index (χ4n) is 2.41. The van der Waals surface area contributed by atoms with Gasteiger partial charge in [0, 0.05) is 10.3 Å². The molecule has 0 unspecified atom stereocenters. The Bertz CT molecular complexity index is 794. The number of fused-ring (bicyclic) bond motifs is 1. The zero-order chi connectivity index (χ0) is 16.1. The summed E-state index contributed by atoms with van der Waals surface area (Å²) in [6.45, 7) is 7.13. The third kappa shape index (κ3) is 3.06. The number of nitrogens with zero attached hydrogens (tertiary/aromatic N) is 2. The smallest absolute Gasteiger partial charge is 0.328 e. The molecule has 2 aromatic rings. The predicted molar refractivity (Wildman–Crippen MR) is 86.4 cm³/mol. The maximum atomic E-state index is 12.5. The van der Waals surface area contributed by atoms with Gasteiger partial charge in [-0.15, -0.1) is 11.3 Å². The monoisotopic (exact) mass is 320 g/mol. The van der Waals surface area contributed by atoms with Crippen LogP contribution < -0.4 is 5.56 Å². The Labute approximate surface area is 132 Å². The van der Waals surface area contributed by atoms with Crippen molar-refractivity contribution in [1.29, 1.82) is 0 Å². The van der Waals surface area contributed by atoms with Gasteiger partial charge in [0.05, 0.1) is 5.69 Å². The minimum atomic E-state index is -0.568. The number of thiophene rings is 1. The van der Waals surface area contributed by atoms with E-state index in [2.05, 4.69) is 11.2 Å². The predicted octanol–water partition coefficient (Wildman–Crippen LogP) is 2.99. The highest BCUT2D eigenvalue weighted by Crippen LogP contribution is 2.44. The second-order valence-corrected chi connectivity index (χ2v) is 7.88. The Morgan fingerprint density at radius 1 is 1.45 bits per heavy atom. The lowest BCUT2D eigenvalue weighted by Gasteiger charge is -2.19. The van der Waals surface area contributed by atoms with Crippen LogP contribution in [0.3, 0.4) is 0 Å². The third-order valence-electron chi connectivity index (χ3n) is 3.52. The summed E-state index contributed by atoms with van der Waals surface area (Å²) in [5.74, 6) is 0.162. The molecule has 1 aliphatic rings. The molecule has 1 fully saturated rings. The van der Waals surface area contributed by atoms with Gasteiger partial charge in [0.2, 0.25) is 0 Å². The van der Waals surface area contributed by atoms with Gasteiger partial charge in [-0.2, -0.15) is 5.10 Å². The maximum Gasteiger partial charge on any atom is 0.328 e. The van der Waals surface area contributed by atoms with E-state index in [1.54, 1.807) is 20.8 Å². The van der Waals surface area contributed by atoms with Crippen LogP contribution in [-0.2, 0) is 16.1 Å². The van der Waals surface area contributed by atoms with Crippen LogP contribution in [0.15, 0.2) is 10.9 Å². The second kappa shape index (κ2) is 5.19. The fourth-order valence-corrected chi connectivity index (χ4v) is 3.73. The molecule has 0 bridgehead atoms. The van der Waals surface area contributed by atoms with Crippen LogP contribution in [0.2, 0.25) is 0 Å². The van der Waals surface area contributed by atoms with Gasteiger partial charge in [-0.3, -0.25) is 9.59 Å². The summed E-state index contributed by atoms with van der Waals surface area (Å²) in [5, 5.41) is 5.19. The molecule has 6 heteroatoms. The van der Waals surface area contributed by atoms with E-state index in [9.17, 15) is 9.59 Å². The molecular formula is C16H20N2O3S. The van der Waals surface area contributed by atoms with Crippen LogP contribution in [0.1, 0.15) is 50.1 Å². The van der Waals surface area contributed by atoms with Gasteiger partial charge < -0.3 is 4.74 Å². The Balaban J connectivity index is 1.95. The number of ether oxygens (including phenoxy) is 1. The maximum absolute atomic E-state index is 12.5. The van der Waals surface area contributed by atoms with Crippen molar-refractivity contribution >= 4 is 27.4 Å². The van der Waals surface area contributed by atoms with Crippen molar-refractivity contribution in [3.05, 3.63) is 27.0 Å². The van der Waals surface area contributed by atoms with Crippen molar-refractivity contribution in [3.63, 3.8) is 0 Å². The average molecular weight is 320 g/mol. The second-order valence-electron chi connectivity index (χ2n) is 6.80. The van der Waals surface area contributed by atoms with Crippen LogP contribution in [0.25, 0.3) is 10.1 Å². The SMILES string of the molecule is Cc1nn(CC(=O)OC(C)(C)C)c(=O)c2sc(C3CC3)cc12. The largest absolute Gasteiger partial charge is 0.459 e. The third-order valence-corrected chi connectivity index (χ3v) is 4.80. The number of hydrogen-bond donors (Lipinski definition) is 0. The van der Waals surface area contributed by atoms with E-state index in [-0.39, 0.29) is 12.1 Å². The first-order valence-corrected chi connectivity index (χ1v) is 8.29. The molecule has 22 heavy (non-hydrogen) atoms. The number of aryl methyl sites for hydroxylation is 1. The summed E-state index contributed by atoms with van der Waals surface area (Å²) < 4.78 is 7.18. The van der Waals surface area contributed by atoms with Crippen molar-refractivity contribution in [2.45, 2.75) is 58.6 Å². The molecule has 0 saturated heterocycles. The number of esters is 1. The zero-order valence-corrected chi connectivity index (χ0v) is 14.1. The first-order chi connectivity index (χ1) is 10.2. The number of carbonyl (C=O) groups is 1. The number of carbonyl (C=O) groups excluding carboxylic acids is 1. The molecule has 0 N–H and O–H groups in total. The van der Waals surface area contributed by atoms with Gasteiger partial charge in [0.25, 0.3) is 5.56 Å². The zero-order valence-electron chi connectivity index (χ0n) is 13.3. The molecule has 118 valence electrons. The lowest BCUT2D eigenvalue weighted by atomic mass is 10.2. The molecule has 1 saturated carbocycles. The Kier molecular flexibility index (Phi) is 3.59. The van der Waals surface area contributed by atoms with E-state index in [4.69, 9.17) is 4.74 Å². The molecule has 1 aliphatic carbocycles. The van der Waals surface area contributed by atoms with Gasteiger partial charge >= 0.3 is 5.97 Å². The van der Waals surface area contributed by atoms with E-state index in [0.717, 1.165) is 11.1 Å². The Hall–Kier alpha value is -1.69. The number of rotatable bonds is 3. The lowest BCUT2D eigenvalue weighted by molar-refractivity contribution is -0.155.